The van der Waals surface area contributed by atoms with E-state index in [-0.39, 0.29) is 0 Å². The molecule has 1 nitrogen and oxygen atoms in total. The van der Waals surface area contributed by atoms with Gasteiger partial charge in [0.2, 0.25) is 0 Å². The van der Waals surface area contributed by atoms with E-state index in [9.17, 15) is 0 Å². The SMILES string of the molecule is c1ccc(-c2ccc3ccc(-c4ccc5cc(N(c6ccccc6-c6ccccc6)c6cccc7sc8ccccc8c67)ccc5c4)cc3c2)cc1. The summed E-state index contributed by atoms with van der Waals surface area (Å²) in [7, 11) is 0. The third-order valence-electron chi connectivity index (χ3n) is 10.2. The summed E-state index contributed by atoms with van der Waals surface area (Å²) in [6.07, 6.45) is 0. The Labute approximate surface area is 307 Å². The number of rotatable bonds is 6. The highest BCUT2D eigenvalue weighted by molar-refractivity contribution is 7.26. The molecule has 9 aromatic carbocycles. The van der Waals surface area contributed by atoms with Crippen LogP contribution in [0.1, 0.15) is 0 Å². The zero-order chi connectivity index (χ0) is 34.4. The van der Waals surface area contributed by atoms with Gasteiger partial charge in [-0.25, -0.2) is 0 Å². The fourth-order valence-corrected chi connectivity index (χ4v) is 8.80. The molecule has 0 radical (unpaired) electrons. The Morgan fingerprint density at radius 3 is 1.67 bits per heavy atom. The maximum atomic E-state index is 2.46. The van der Waals surface area contributed by atoms with E-state index in [0.717, 1.165) is 11.4 Å². The monoisotopic (exact) mass is 679 g/mol. The minimum atomic E-state index is 1.13. The topological polar surface area (TPSA) is 3.24 Å². The van der Waals surface area contributed by atoms with Crippen LogP contribution < -0.4 is 4.90 Å². The van der Waals surface area contributed by atoms with Crippen LogP contribution in [0, 0.1) is 0 Å². The summed E-state index contributed by atoms with van der Waals surface area (Å²) in [4.78, 5) is 2.46. The van der Waals surface area contributed by atoms with E-state index in [1.165, 1.54) is 80.8 Å². The van der Waals surface area contributed by atoms with Crippen molar-refractivity contribution in [3.8, 4) is 33.4 Å². The molecule has 0 N–H and O–H groups in total. The molecule has 10 rings (SSSR count). The molecular weight excluding hydrogens is 647 g/mol. The minimum Gasteiger partial charge on any atom is -0.309 e. The second-order valence-electron chi connectivity index (χ2n) is 13.4. The zero-order valence-electron chi connectivity index (χ0n) is 28.4. The molecule has 0 fully saturated rings. The van der Waals surface area contributed by atoms with Crippen molar-refractivity contribution >= 4 is 70.1 Å². The number of fused-ring (bicyclic) bond motifs is 5. The molecule has 0 saturated carbocycles. The molecule has 10 aromatic rings. The largest absolute Gasteiger partial charge is 0.309 e. The van der Waals surface area contributed by atoms with E-state index in [1.54, 1.807) is 0 Å². The smallest absolute Gasteiger partial charge is 0.0555 e. The molecule has 0 saturated heterocycles. The van der Waals surface area contributed by atoms with E-state index in [4.69, 9.17) is 0 Å². The number of anilines is 3. The quantitative estimate of drug-likeness (QED) is 0.169. The molecule has 0 aliphatic carbocycles. The Bertz CT molecular complexity index is 2910. The summed E-state index contributed by atoms with van der Waals surface area (Å²) in [6, 6.07) is 73.0. The highest BCUT2D eigenvalue weighted by Crippen LogP contribution is 2.47. The molecule has 0 bridgehead atoms. The van der Waals surface area contributed by atoms with Crippen molar-refractivity contribution in [3.05, 3.63) is 200 Å². The highest BCUT2D eigenvalue weighted by atomic mass is 32.1. The lowest BCUT2D eigenvalue weighted by atomic mass is 9.96. The van der Waals surface area contributed by atoms with Gasteiger partial charge in [0.15, 0.2) is 0 Å². The molecule has 1 aromatic heterocycles. The second-order valence-corrected chi connectivity index (χ2v) is 14.4. The van der Waals surface area contributed by atoms with Gasteiger partial charge in [-0.2, -0.15) is 0 Å². The summed E-state index contributed by atoms with van der Waals surface area (Å²) in [6.45, 7) is 0. The average Bonchev–Trinajstić information content (AvgIpc) is 3.61. The second kappa shape index (κ2) is 12.7. The standard InChI is InChI=1S/C50H33NS/c1-3-12-34(13-4-1)37-24-22-35-23-25-39(32-42(35)31-37)38-26-27-41-33-43(29-28-40(41)30-38)51(46-18-9-7-16-44(46)36-14-5-2-6-15-36)47-19-11-21-49-50(47)45-17-8-10-20-48(45)52-49/h1-33H. The number of nitrogens with zero attached hydrogens (tertiary/aromatic N) is 1. The molecule has 2 heteroatoms. The average molecular weight is 680 g/mol. The van der Waals surface area contributed by atoms with E-state index in [1.807, 2.05) is 11.3 Å². The lowest BCUT2D eigenvalue weighted by Crippen LogP contribution is -2.11. The normalized spacial score (nSPS) is 11.5. The van der Waals surface area contributed by atoms with Crippen LogP contribution in [0.4, 0.5) is 17.1 Å². The van der Waals surface area contributed by atoms with Gasteiger partial charge in [-0.3, -0.25) is 0 Å². The van der Waals surface area contributed by atoms with Crippen molar-refractivity contribution in [2.24, 2.45) is 0 Å². The third kappa shape index (κ3) is 5.33. The van der Waals surface area contributed by atoms with Crippen molar-refractivity contribution in [3.63, 3.8) is 0 Å². The van der Waals surface area contributed by atoms with Gasteiger partial charge in [0.1, 0.15) is 0 Å². The fraction of sp³-hybridized carbons (Fsp3) is 0. The number of hydrogen-bond acceptors (Lipinski definition) is 2. The summed E-state index contributed by atoms with van der Waals surface area (Å²) >= 11 is 1.86. The van der Waals surface area contributed by atoms with Gasteiger partial charge in [-0.1, -0.05) is 146 Å². The summed E-state index contributed by atoms with van der Waals surface area (Å²) in [5.74, 6) is 0. The van der Waals surface area contributed by atoms with Gasteiger partial charge in [0, 0.05) is 31.4 Å². The van der Waals surface area contributed by atoms with Crippen molar-refractivity contribution in [2.75, 3.05) is 4.90 Å². The molecule has 0 aliphatic heterocycles. The highest BCUT2D eigenvalue weighted by Gasteiger charge is 2.21. The van der Waals surface area contributed by atoms with Gasteiger partial charge >= 0.3 is 0 Å². The zero-order valence-corrected chi connectivity index (χ0v) is 29.2. The van der Waals surface area contributed by atoms with Crippen molar-refractivity contribution in [1.82, 2.24) is 0 Å². The first kappa shape index (κ1) is 30.4. The molecule has 0 atom stereocenters. The Balaban J connectivity index is 1.11. The summed E-state index contributed by atoms with van der Waals surface area (Å²) in [5.41, 5.74) is 10.8. The Morgan fingerprint density at radius 1 is 0.327 bits per heavy atom. The molecule has 52 heavy (non-hydrogen) atoms. The molecule has 0 amide bonds. The predicted octanol–water partition coefficient (Wildman–Crippen LogP) is 14.8. The lowest BCUT2D eigenvalue weighted by Gasteiger charge is -2.29. The van der Waals surface area contributed by atoms with Gasteiger partial charge in [-0.05, 0) is 104 Å². The summed E-state index contributed by atoms with van der Waals surface area (Å²) in [5, 5.41) is 7.49. The number of thiophene rings is 1. The van der Waals surface area contributed by atoms with Gasteiger partial charge in [0.25, 0.3) is 0 Å². The Hall–Kier alpha value is -6.48. The van der Waals surface area contributed by atoms with Crippen LogP contribution in [0.2, 0.25) is 0 Å². The Morgan fingerprint density at radius 2 is 0.885 bits per heavy atom. The minimum absolute atomic E-state index is 1.13. The number of hydrogen-bond donors (Lipinski definition) is 0. The van der Waals surface area contributed by atoms with Crippen LogP contribution in [0.15, 0.2) is 200 Å². The number of benzene rings is 9. The van der Waals surface area contributed by atoms with Crippen molar-refractivity contribution in [1.29, 1.82) is 0 Å². The molecular formula is C50H33NS. The van der Waals surface area contributed by atoms with Gasteiger partial charge in [-0.15, -0.1) is 11.3 Å². The first-order chi connectivity index (χ1) is 25.8. The van der Waals surface area contributed by atoms with E-state index in [2.05, 4.69) is 205 Å². The summed E-state index contributed by atoms with van der Waals surface area (Å²) < 4.78 is 2.59. The maximum absolute atomic E-state index is 2.46. The maximum Gasteiger partial charge on any atom is 0.0555 e. The molecule has 0 unspecified atom stereocenters. The van der Waals surface area contributed by atoms with Crippen LogP contribution in [0.5, 0.6) is 0 Å². The van der Waals surface area contributed by atoms with E-state index >= 15 is 0 Å². The fourth-order valence-electron chi connectivity index (χ4n) is 7.67. The van der Waals surface area contributed by atoms with Gasteiger partial charge in [0.05, 0.1) is 11.4 Å². The molecule has 0 aliphatic rings. The first-order valence-corrected chi connectivity index (χ1v) is 18.6. The first-order valence-electron chi connectivity index (χ1n) is 17.8. The van der Waals surface area contributed by atoms with Crippen molar-refractivity contribution < 1.29 is 0 Å². The lowest BCUT2D eigenvalue weighted by molar-refractivity contribution is 1.31. The van der Waals surface area contributed by atoms with E-state index in [0.29, 0.717) is 0 Å². The van der Waals surface area contributed by atoms with Crippen LogP contribution in [-0.4, -0.2) is 0 Å². The number of para-hydroxylation sites is 1. The van der Waals surface area contributed by atoms with Gasteiger partial charge < -0.3 is 4.90 Å². The molecule has 1 heterocycles. The molecule has 244 valence electrons. The Kier molecular flexibility index (Phi) is 7.41. The van der Waals surface area contributed by atoms with E-state index < -0.39 is 0 Å². The van der Waals surface area contributed by atoms with Crippen LogP contribution in [-0.2, 0) is 0 Å². The molecule has 0 spiro atoms. The van der Waals surface area contributed by atoms with Crippen LogP contribution in [0.25, 0.3) is 75.1 Å². The predicted molar refractivity (Wildman–Crippen MR) is 225 cm³/mol. The van der Waals surface area contributed by atoms with Crippen LogP contribution >= 0.6 is 11.3 Å². The van der Waals surface area contributed by atoms with Crippen LogP contribution in [0.3, 0.4) is 0 Å². The van der Waals surface area contributed by atoms with Crippen molar-refractivity contribution in [2.45, 2.75) is 0 Å². The third-order valence-corrected chi connectivity index (χ3v) is 11.3.